The summed E-state index contributed by atoms with van der Waals surface area (Å²) in [5.74, 6) is -0.239. The minimum absolute atomic E-state index is 0.0532. The Labute approximate surface area is 177 Å². The molecule has 1 heterocycles. The van der Waals surface area contributed by atoms with E-state index in [1.807, 2.05) is 29.2 Å². The predicted molar refractivity (Wildman–Crippen MR) is 113 cm³/mol. The molecule has 2 amide bonds. The molecular formula is C24H29FN2O3. The Kier molecular flexibility index (Phi) is 7.44. The molecule has 30 heavy (non-hydrogen) atoms. The molecule has 0 radical (unpaired) electrons. The average molecular weight is 413 g/mol. The van der Waals surface area contributed by atoms with Gasteiger partial charge in [0.15, 0.2) is 0 Å². The number of rotatable bonds is 8. The number of amides is 2. The zero-order valence-electron chi connectivity index (χ0n) is 17.6. The van der Waals surface area contributed by atoms with E-state index in [9.17, 15) is 14.0 Å². The number of halogens is 1. The maximum Gasteiger partial charge on any atom is 0.225 e. The summed E-state index contributed by atoms with van der Waals surface area (Å²) >= 11 is 0. The summed E-state index contributed by atoms with van der Waals surface area (Å²) in [4.78, 5) is 27.8. The molecule has 3 rings (SSSR count). The van der Waals surface area contributed by atoms with Crippen LogP contribution in [0.1, 0.15) is 49.8 Å². The molecule has 1 saturated heterocycles. The van der Waals surface area contributed by atoms with Crippen LogP contribution in [0.15, 0.2) is 48.5 Å². The zero-order chi connectivity index (χ0) is 21.5. The number of carbonyl (C=O) groups is 2. The Morgan fingerprint density at radius 1 is 1.20 bits per heavy atom. The number of unbranched alkanes of at least 4 members (excludes halogenated alkanes) is 1. The highest BCUT2D eigenvalue weighted by molar-refractivity contribution is 5.85. The first-order valence-corrected chi connectivity index (χ1v) is 10.5. The van der Waals surface area contributed by atoms with Gasteiger partial charge in [0.2, 0.25) is 11.8 Å². The third-order valence-corrected chi connectivity index (χ3v) is 5.66. The Morgan fingerprint density at radius 3 is 2.67 bits per heavy atom. The van der Waals surface area contributed by atoms with Crippen LogP contribution in [0, 0.1) is 11.7 Å². The molecule has 0 saturated carbocycles. The van der Waals surface area contributed by atoms with Gasteiger partial charge in [-0.15, -0.1) is 0 Å². The van der Waals surface area contributed by atoms with Gasteiger partial charge in [0, 0.05) is 30.6 Å². The number of likely N-dealkylation sites (tertiary alicyclic amines) is 1. The predicted octanol–water partition coefficient (Wildman–Crippen LogP) is 4.23. The molecule has 2 atom stereocenters. The van der Waals surface area contributed by atoms with Gasteiger partial charge < -0.3 is 15.0 Å². The minimum atomic E-state index is -0.428. The lowest BCUT2D eigenvalue weighted by molar-refractivity contribution is -0.143. The number of benzene rings is 2. The van der Waals surface area contributed by atoms with Crippen molar-refractivity contribution in [1.82, 2.24) is 10.2 Å². The largest absolute Gasteiger partial charge is 0.496 e. The van der Waals surface area contributed by atoms with Gasteiger partial charge in [-0.1, -0.05) is 49.7 Å². The molecule has 0 unspecified atom stereocenters. The summed E-state index contributed by atoms with van der Waals surface area (Å²) < 4.78 is 19.5. The van der Waals surface area contributed by atoms with Gasteiger partial charge in [-0.05, 0) is 25.0 Å². The highest BCUT2D eigenvalue weighted by Crippen LogP contribution is 2.40. The summed E-state index contributed by atoms with van der Waals surface area (Å²) in [7, 11) is 1.59. The van der Waals surface area contributed by atoms with Gasteiger partial charge in [0.25, 0.3) is 0 Å². The molecule has 1 aliphatic rings. The van der Waals surface area contributed by atoms with E-state index in [0.29, 0.717) is 30.7 Å². The Hall–Kier alpha value is -2.89. The number of nitrogens with one attached hydrogen (secondary N) is 1. The number of piperidine rings is 1. The number of hydrogen-bond acceptors (Lipinski definition) is 3. The van der Waals surface area contributed by atoms with Crippen LogP contribution in [0.25, 0.3) is 0 Å². The van der Waals surface area contributed by atoms with Gasteiger partial charge in [-0.3, -0.25) is 9.59 Å². The standard InChI is InChI=1S/C24H29FN2O3/c1-3-4-15-27-22(28)14-13-19(23(27)18-10-6-8-12-21(18)30-2)24(29)26-16-17-9-5-7-11-20(17)25/h5-12,19,23H,3-4,13-16H2,1-2H3,(H,26,29)/t19-,23-/m1/s1. The van der Waals surface area contributed by atoms with Crippen molar-refractivity contribution in [2.24, 2.45) is 5.92 Å². The van der Waals surface area contributed by atoms with Crippen LogP contribution in [-0.4, -0.2) is 30.4 Å². The van der Waals surface area contributed by atoms with E-state index in [4.69, 9.17) is 4.74 Å². The van der Waals surface area contributed by atoms with Gasteiger partial charge in [0.05, 0.1) is 19.1 Å². The first-order chi connectivity index (χ1) is 14.6. The molecule has 6 heteroatoms. The molecule has 2 aromatic carbocycles. The Bertz CT molecular complexity index is 886. The van der Waals surface area contributed by atoms with Crippen molar-refractivity contribution in [3.05, 3.63) is 65.5 Å². The fourth-order valence-corrected chi connectivity index (χ4v) is 4.07. The van der Waals surface area contributed by atoms with Crippen LogP contribution >= 0.6 is 0 Å². The summed E-state index contributed by atoms with van der Waals surface area (Å²) in [6.07, 6.45) is 2.59. The second-order valence-corrected chi connectivity index (χ2v) is 7.58. The monoisotopic (exact) mass is 412 g/mol. The Morgan fingerprint density at radius 2 is 1.93 bits per heavy atom. The maximum absolute atomic E-state index is 14.0. The molecule has 1 N–H and O–H groups in total. The second kappa shape index (κ2) is 10.2. The van der Waals surface area contributed by atoms with Crippen molar-refractivity contribution in [1.29, 1.82) is 0 Å². The molecule has 0 aromatic heterocycles. The SMILES string of the molecule is CCCCN1C(=O)CC[C@@H](C(=O)NCc2ccccc2F)[C@H]1c1ccccc1OC. The second-order valence-electron chi connectivity index (χ2n) is 7.58. The van der Waals surface area contributed by atoms with Crippen LogP contribution in [0.3, 0.4) is 0 Å². The van der Waals surface area contributed by atoms with Crippen molar-refractivity contribution in [3.63, 3.8) is 0 Å². The molecule has 1 fully saturated rings. The molecule has 0 spiro atoms. The van der Waals surface area contributed by atoms with Crippen molar-refractivity contribution in [3.8, 4) is 5.75 Å². The van der Waals surface area contributed by atoms with Crippen molar-refractivity contribution >= 4 is 11.8 Å². The fraction of sp³-hybridized carbons (Fsp3) is 0.417. The van der Waals surface area contributed by atoms with Crippen molar-refractivity contribution < 1.29 is 18.7 Å². The molecule has 1 aliphatic heterocycles. The number of methoxy groups -OCH3 is 1. The normalized spacial score (nSPS) is 18.9. The van der Waals surface area contributed by atoms with Crippen LogP contribution in [0.4, 0.5) is 4.39 Å². The first-order valence-electron chi connectivity index (χ1n) is 10.5. The molecular weight excluding hydrogens is 383 g/mol. The van der Waals surface area contributed by atoms with E-state index in [1.165, 1.54) is 6.07 Å². The van der Waals surface area contributed by atoms with E-state index < -0.39 is 12.0 Å². The number of para-hydroxylation sites is 1. The minimum Gasteiger partial charge on any atom is -0.496 e. The van der Waals surface area contributed by atoms with Crippen molar-refractivity contribution in [2.75, 3.05) is 13.7 Å². The van der Waals surface area contributed by atoms with Crippen LogP contribution < -0.4 is 10.1 Å². The van der Waals surface area contributed by atoms with Crippen LogP contribution in [-0.2, 0) is 16.1 Å². The maximum atomic E-state index is 14.0. The molecule has 5 nitrogen and oxygen atoms in total. The topological polar surface area (TPSA) is 58.6 Å². The summed E-state index contributed by atoms with van der Waals surface area (Å²) in [6, 6.07) is 13.5. The lowest BCUT2D eigenvalue weighted by atomic mass is 9.83. The van der Waals surface area contributed by atoms with Crippen molar-refractivity contribution in [2.45, 2.75) is 45.2 Å². The van der Waals surface area contributed by atoms with E-state index in [0.717, 1.165) is 18.4 Å². The molecule has 2 aromatic rings. The average Bonchev–Trinajstić information content (AvgIpc) is 2.77. The van der Waals surface area contributed by atoms with E-state index in [2.05, 4.69) is 12.2 Å². The lowest BCUT2D eigenvalue weighted by Gasteiger charge is -2.41. The van der Waals surface area contributed by atoms with Crippen LogP contribution in [0.2, 0.25) is 0 Å². The third kappa shape index (κ3) is 4.81. The highest BCUT2D eigenvalue weighted by Gasteiger charge is 2.41. The molecule has 0 bridgehead atoms. The van der Waals surface area contributed by atoms with E-state index in [-0.39, 0.29) is 24.2 Å². The van der Waals surface area contributed by atoms with Gasteiger partial charge in [-0.2, -0.15) is 0 Å². The zero-order valence-corrected chi connectivity index (χ0v) is 17.6. The number of nitrogens with zero attached hydrogens (tertiary/aromatic N) is 1. The van der Waals surface area contributed by atoms with Gasteiger partial charge in [-0.25, -0.2) is 4.39 Å². The smallest absolute Gasteiger partial charge is 0.225 e. The third-order valence-electron chi connectivity index (χ3n) is 5.66. The van der Waals surface area contributed by atoms with Crippen LogP contribution in [0.5, 0.6) is 5.75 Å². The lowest BCUT2D eigenvalue weighted by Crippen LogP contribution is -2.48. The molecule has 0 aliphatic carbocycles. The number of ether oxygens (including phenoxy) is 1. The number of hydrogen-bond donors (Lipinski definition) is 1. The molecule has 160 valence electrons. The summed E-state index contributed by atoms with van der Waals surface area (Å²) in [5, 5.41) is 2.88. The van der Waals surface area contributed by atoms with Gasteiger partial charge in [0.1, 0.15) is 11.6 Å². The Balaban J connectivity index is 1.88. The number of carbonyl (C=O) groups excluding carboxylic acids is 2. The summed E-state index contributed by atoms with van der Waals surface area (Å²) in [5.41, 5.74) is 1.27. The van der Waals surface area contributed by atoms with E-state index in [1.54, 1.807) is 25.3 Å². The highest BCUT2D eigenvalue weighted by atomic mass is 19.1. The fourth-order valence-electron chi connectivity index (χ4n) is 4.07. The summed E-state index contributed by atoms with van der Waals surface area (Å²) in [6.45, 7) is 2.78. The quantitative estimate of drug-likeness (QED) is 0.706. The van der Waals surface area contributed by atoms with E-state index >= 15 is 0 Å². The first kappa shape index (κ1) is 21.8. The van der Waals surface area contributed by atoms with Gasteiger partial charge >= 0.3 is 0 Å².